The van der Waals surface area contributed by atoms with Crippen molar-refractivity contribution in [2.75, 3.05) is 12.4 Å². The number of fused-ring (bicyclic) bond motifs is 1. The largest absolute Gasteiger partial charge is 0.496 e. The number of sulfone groups is 1. The zero-order valence-electron chi connectivity index (χ0n) is 13.2. The molecule has 0 aliphatic carbocycles. The van der Waals surface area contributed by atoms with Crippen LogP contribution in [0.3, 0.4) is 0 Å². The number of nitro benzene ring substituents is 1. The van der Waals surface area contributed by atoms with Crippen LogP contribution in [0.15, 0.2) is 41.3 Å². The molecule has 0 atom stereocenters. The Kier molecular flexibility index (Phi) is 4.17. The lowest BCUT2D eigenvalue weighted by atomic mass is 10.2. The molecule has 0 radical (unpaired) electrons. The van der Waals surface area contributed by atoms with Crippen LogP contribution in [-0.2, 0) is 26.8 Å². The van der Waals surface area contributed by atoms with Crippen molar-refractivity contribution in [1.82, 2.24) is 0 Å². The highest BCUT2D eigenvalue weighted by Gasteiger charge is 2.24. The summed E-state index contributed by atoms with van der Waals surface area (Å²) in [5, 5.41) is 13.6. The fourth-order valence-electron chi connectivity index (χ4n) is 2.68. The average Bonchev–Trinajstić information content (AvgIpc) is 2.93. The lowest BCUT2D eigenvalue weighted by Gasteiger charge is -2.10. The molecule has 0 bridgehead atoms. The van der Waals surface area contributed by atoms with E-state index in [1.165, 1.54) is 43.5 Å². The Labute approximate surface area is 143 Å². The van der Waals surface area contributed by atoms with Crippen LogP contribution in [0.2, 0.25) is 0 Å². The van der Waals surface area contributed by atoms with E-state index in [0.717, 1.165) is 0 Å². The van der Waals surface area contributed by atoms with Gasteiger partial charge in [0.1, 0.15) is 5.75 Å². The van der Waals surface area contributed by atoms with Crippen LogP contribution < -0.4 is 10.1 Å². The summed E-state index contributed by atoms with van der Waals surface area (Å²) < 4.78 is 30.5. The summed E-state index contributed by atoms with van der Waals surface area (Å²) >= 11 is 0. The van der Waals surface area contributed by atoms with E-state index in [1.807, 2.05) is 0 Å². The monoisotopic (exact) mass is 362 g/mol. The summed E-state index contributed by atoms with van der Waals surface area (Å²) in [7, 11) is -2.40. The Morgan fingerprint density at radius 3 is 2.68 bits per heavy atom. The smallest absolute Gasteiger partial charge is 0.270 e. The second-order valence-electron chi connectivity index (χ2n) is 5.56. The van der Waals surface area contributed by atoms with Crippen molar-refractivity contribution in [1.29, 1.82) is 0 Å². The highest BCUT2D eigenvalue weighted by molar-refractivity contribution is 7.90. The van der Waals surface area contributed by atoms with E-state index < -0.39 is 20.5 Å². The molecule has 25 heavy (non-hydrogen) atoms. The normalized spacial score (nSPS) is 13.2. The Morgan fingerprint density at radius 1 is 1.24 bits per heavy atom. The van der Waals surface area contributed by atoms with Crippen molar-refractivity contribution in [3.05, 3.63) is 57.6 Å². The molecular formula is C16H14N2O6S. The number of non-ortho nitro benzene ring substituents is 1. The number of amides is 1. The van der Waals surface area contributed by atoms with Crippen molar-refractivity contribution in [3.63, 3.8) is 0 Å². The Morgan fingerprint density at radius 2 is 2.00 bits per heavy atom. The van der Waals surface area contributed by atoms with Crippen LogP contribution in [0.25, 0.3) is 0 Å². The first-order chi connectivity index (χ1) is 11.8. The van der Waals surface area contributed by atoms with Crippen LogP contribution >= 0.6 is 0 Å². The van der Waals surface area contributed by atoms with Crippen molar-refractivity contribution in [3.8, 4) is 5.75 Å². The molecule has 1 heterocycles. The number of nitro groups is 1. The number of rotatable bonds is 5. The van der Waals surface area contributed by atoms with Crippen LogP contribution in [-0.4, -0.2) is 26.4 Å². The first-order valence-electron chi connectivity index (χ1n) is 7.27. The zero-order valence-corrected chi connectivity index (χ0v) is 14.0. The quantitative estimate of drug-likeness (QED) is 0.643. The molecule has 9 heteroatoms. The molecule has 0 aromatic heterocycles. The van der Waals surface area contributed by atoms with Gasteiger partial charge in [0.25, 0.3) is 5.69 Å². The third-order valence-corrected chi connectivity index (χ3v) is 5.54. The van der Waals surface area contributed by atoms with Crippen molar-refractivity contribution >= 4 is 27.1 Å². The van der Waals surface area contributed by atoms with Gasteiger partial charge in [-0.2, -0.15) is 0 Å². The Bertz CT molecular complexity index is 984. The molecule has 130 valence electrons. The molecule has 0 saturated carbocycles. The predicted octanol–water partition coefficient (Wildman–Crippen LogP) is 2.07. The van der Waals surface area contributed by atoms with Crippen LogP contribution in [0, 0.1) is 10.1 Å². The molecule has 3 rings (SSSR count). The van der Waals surface area contributed by atoms with E-state index >= 15 is 0 Å². The van der Waals surface area contributed by atoms with E-state index in [4.69, 9.17) is 4.74 Å². The van der Waals surface area contributed by atoms with Gasteiger partial charge in [0, 0.05) is 23.4 Å². The molecule has 1 aliphatic rings. The number of methoxy groups -OCH3 is 1. The van der Waals surface area contributed by atoms with E-state index in [-0.39, 0.29) is 34.2 Å². The molecule has 2 aromatic carbocycles. The van der Waals surface area contributed by atoms with E-state index in [2.05, 4.69) is 5.32 Å². The summed E-state index contributed by atoms with van der Waals surface area (Å²) in [4.78, 5) is 21.8. The van der Waals surface area contributed by atoms with Gasteiger partial charge >= 0.3 is 0 Å². The topological polar surface area (TPSA) is 116 Å². The standard InChI is InChI=1S/C16H14N2O6S/c1-24-15-5-2-12(18(20)21)6-11(15)9-25(22,23)13-3-4-14-10(7-13)8-16(19)17-14/h2-7H,8-9H2,1H3,(H,17,19). The van der Waals surface area contributed by atoms with E-state index in [1.54, 1.807) is 0 Å². The summed E-state index contributed by atoms with van der Waals surface area (Å²) in [6.45, 7) is 0. The number of nitrogens with zero attached hydrogens (tertiary/aromatic N) is 1. The molecule has 0 spiro atoms. The van der Waals surface area contributed by atoms with Crippen LogP contribution in [0.4, 0.5) is 11.4 Å². The van der Waals surface area contributed by atoms with Gasteiger partial charge in [0.05, 0.1) is 29.1 Å². The fourth-order valence-corrected chi connectivity index (χ4v) is 4.08. The van der Waals surface area contributed by atoms with Gasteiger partial charge in [-0.25, -0.2) is 8.42 Å². The maximum Gasteiger partial charge on any atom is 0.270 e. The van der Waals surface area contributed by atoms with Crippen molar-refractivity contribution in [2.45, 2.75) is 17.1 Å². The third-order valence-electron chi connectivity index (χ3n) is 3.88. The SMILES string of the molecule is COc1ccc([N+](=O)[O-])cc1CS(=O)(=O)c1ccc2c(c1)CC(=O)N2. The lowest BCUT2D eigenvalue weighted by molar-refractivity contribution is -0.384. The maximum absolute atomic E-state index is 12.7. The van der Waals surface area contributed by atoms with E-state index in [9.17, 15) is 23.3 Å². The second kappa shape index (κ2) is 6.17. The summed E-state index contributed by atoms with van der Waals surface area (Å²) in [5.41, 5.74) is 1.19. The predicted molar refractivity (Wildman–Crippen MR) is 89.3 cm³/mol. The molecule has 2 aromatic rings. The molecular weight excluding hydrogens is 348 g/mol. The summed E-state index contributed by atoms with van der Waals surface area (Å²) in [6.07, 6.45) is 0.124. The number of nitrogens with one attached hydrogen (secondary N) is 1. The van der Waals surface area contributed by atoms with Gasteiger partial charge in [-0.05, 0) is 29.8 Å². The molecule has 1 amide bonds. The number of benzene rings is 2. The van der Waals surface area contributed by atoms with Gasteiger partial charge in [0.15, 0.2) is 9.84 Å². The highest BCUT2D eigenvalue weighted by atomic mass is 32.2. The second-order valence-corrected chi connectivity index (χ2v) is 7.55. The highest BCUT2D eigenvalue weighted by Crippen LogP contribution is 2.30. The number of anilines is 1. The van der Waals surface area contributed by atoms with Gasteiger partial charge in [-0.1, -0.05) is 0 Å². The fraction of sp³-hybridized carbons (Fsp3) is 0.188. The number of ether oxygens (including phenoxy) is 1. The minimum absolute atomic E-state index is 0.0521. The Hall–Kier alpha value is -2.94. The zero-order chi connectivity index (χ0) is 18.2. The molecule has 1 aliphatic heterocycles. The van der Waals surface area contributed by atoms with E-state index in [0.29, 0.717) is 11.3 Å². The van der Waals surface area contributed by atoms with Crippen LogP contribution in [0.5, 0.6) is 5.75 Å². The minimum atomic E-state index is -3.77. The van der Waals surface area contributed by atoms with Crippen LogP contribution in [0.1, 0.15) is 11.1 Å². The van der Waals surface area contributed by atoms with Crippen molar-refractivity contribution < 1.29 is 22.9 Å². The van der Waals surface area contributed by atoms with Gasteiger partial charge < -0.3 is 10.1 Å². The number of hydrogen-bond donors (Lipinski definition) is 1. The van der Waals surface area contributed by atoms with Gasteiger partial charge in [-0.3, -0.25) is 14.9 Å². The Balaban J connectivity index is 1.97. The maximum atomic E-state index is 12.7. The number of carbonyl (C=O) groups excluding carboxylic acids is 1. The molecule has 0 saturated heterocycles. The molecule has 0 unspecified atom stereocenters. The molecule has 8 nitrogen and oxygen atoms in total. The minimum Gasteiger partial charge on any atom is -0.496 e. The first-order valence-corrected chi connectivity index (χ1v) is 8.92. The summed E-state index contributed by atoms with van der Waals surface area (Å²) in [6, 6.07) is 8.21. The number of carbonyl (C=O) groups is 1. The van der Waals surface area contributed by atoms with Gasteiger partial charge in [-0.15, -0.1) is 0 Å². The summed E-state index contributed by atoms with van der Waals surface area (Å²) in [5.74, 6) is -0.380. The third kappa shape index (κ3) is 3.31. The molecule has 0 fully saturated rings. The van der Waals surface area contributed by atoms with Gasteiger partial charge in [0.2, 0.25) is 5.91 Å². The lowest BCUT2D eigenvalue weighted by Crippen LogP contribution is -2.07. The number of hydrogen-bond acceptors (Lipinski definition) is 6. The first kappa shape index (κ1) is 16.9. The molecule has 1 N–H and O–H groups in total. The average molecular weight is 362 g/mol. The van der Waals surface area contributed by atoms with Crippen molar-refractivity contribution in [2.24, 2.45) is 0 Å².